The molecule has 1 amide bonds. The van der Waals surface area contributed by atoms with Gasteiger partial charge in [0, 0.05) is 37.9 Å². The predicted octanol–water partition coefficient (Wildman–Crippen LogP) is 4.64. The van der Waals surface area contributed by atoms with Crippen LogP contribution in [0.15, 0.2) is 91.3 Å². The Kier molecular flexibility index (Phi) is 6.83. The van der Waals surface area contributed by atoms with E-state index in [0.717, 1.165) is 10.7 Å². The summed E-state index contributed by atoms with van der Waals surface area (Å²) in [5, 5.41) is 13.3. The minimum absolute atomic E-state index is 0.154. The number of aromatic nitrogens is 2. The van der Waals surface area contributed by atoms with E-state index in [2.05, 4.69) is 9.97 Å². The molecule has 1 N–H and O–H groups in total. The second-order valence-corrected chi connectivity index (χ2v) is 8.23. The lowest BCUT2D eigenvalue weighted by Crippen LogP contribution is -2.54. The van der Waals surface area contributed by atoms with Crippen molar-refractivity contribution in [3.05, 3.63) is 103 Å². The number of piperazine rings is 1. The number of benzene rings is 2. The van der Waals surface area contributed by atoms with Crippen LogP contribution in [-0.4, -0.2) is 57.2 Å². The Balaban J connectivity index is 1.22. The van der Waals surface area contributed by atoms with Crippen molar-refractivity contribution in [2.24, 2.45) is 0 Å². The summed E-state index contributed by atoms with van der Waals surface area (Å²) in [5.41, 5.74) is 2.45. The molecule has 0 saturated carbocycles. The van der Waals surface area contributed by atoms with Crippen LogP contribution in [0.3, 0.4) is 0 Å². The Morgan fingerprint density at radius 1 is 0.889 bits per heavy atom. The Labute approximate surface area is 207 Å². The van der Waals surface area contributed by atoms with E-state index in [9.17, 15) is 14.4 Å². The maximum Gasteiger partial charge on any atom is 0.272 e. The van der Waals surface area contributed by atoms with Gasteiger partial charge in [0.05, 0.1) is 11.9 Å². The molecule has 36 heavy (non-hydrogen) atoms. The van der Waals surface area contributed by atoms with Gasteiger partial charge in [0.15, 0.2) is 0 Å². The molecule has 1 fully saturated rings. The highest BCUT2D eigenvalue weighted by molar-refractivity contribution is 5.93. The Bertz CT molecular complexity index is 1310. The maximum absolute atomic E-state index is 13.1. The number of rotatable bonds is 6. The van der Waals surface area contributed by atoms with Crippen LogP contribution in [-0.2, 0) is 0 Å². The molecule has 0 unspecified atom stereocenters. The number of carbonyl (C=O) groups is 1. The van der Waals surface area contributed by atoms with Crippen molar-refractivity contribution in [3.8, 4) is 22.8 Å². The van der Waals surface area contributed by atoms with Crippen LogP contribution in [0.25, 0.3) is 11.3 Å². The topological polar surface area (TPSA) is 82.0 Å². The van der Waals surface area contributed by atoms with Gasteiger partial charge in [-0.2, -0.15) is 10.2 Å². The first-order chi connectivity index (χ1) is 17.6. The van der Waals surface area contributed by atoms with Crippen molar-refractivity contribution in [1.82, 2.24) is 19.9 Å². The molecule has 8 nitrogen and oxygen atoms in total. The van der Waals surface area contributed by atoms with E-state index in [1.54, 1.807) is 64.8 Å². The molecule has 4 aromatic rings. The molecule has 1 saturated heterocycles. The average molecular weight is 486 g/mol. The fourth-order valence-corrected chi connectivity index (χ4v) is 3.93. The summed E-state index contributed by atoms with van der Waals surface area (Å²) >= 11 is 0. The molecule has 2 aromatic heterocycles. The lowest BCUT2D eigenvalue weighted by molar-refractivity contribution is 0.0217. The second kappa shape index (κ2) is 10.5. The number of anilines is 1. The number of halogens is 1. The smallest absolute Gasteiger partial charge is 0.272 e. The molecular formula is C27H24FN5O3. The average Bonchev–Trinajstić information content (AvgIpc) is 2.94. The summed E-state index contributed by atoms with van der Waals surface area (Å²) < 4.78 is 18.8. The fourth-order valence-electron chi connectivity index (χ4n) is 3.93. The molecule has 9 heteroatoms. The zero-order valence-corrected chi connectivity index (χ0v) is 19.4. The van der Waals surface area contributed by atoms with Crippen LogP contribution < -0.4 is 9.91 Å². The van der Waals surface area contributed by atoms with Crippen LogP contribution in [0.2, 0.25) is 0 Å². The van der Waals surface area contributed by atoms with Gasteiger partial charge in [0.25, 0.3) is 5.91 Å². The number of pyridine rings is 2. The van der Waals surface area contributed by atoms with Crippen molar-refractivity contribution in [2.75, 3.05) is 31.4 Å². The first kappa shape index (κ1) is 23.4. The first-order valence-corrected chi connectivity index (χ1v) is 11.5. The highest BCUT2D eigenvalue weighted by Crippen LogP contribution is 2.25. The van der Waals surface area contributed by atoms with Crippen molar-refractivity contribution in [2.45, 2.75) is 0 Å². The maximum atomic E-state index is 13.1. The summed E-state index contributed by atoms with van der Waals surface area (Å²) in [6.45, 7) is 1.87. The minimum Gasteiger partial charge on any atom is -0.457 e. The van der Waals surface area contributed by atoms with Gasteiger partial charge >= 0.3 is 0 Å². The number of nitrogens with zero attached hydrogens (tertiary/aromatic N) is 5. The van der Waals surface area contributed by atoms with Gasteiger partial charge < -0.3 is 9.64 Å². The van der Waals surface area contributed by atoms with E-state index in [1.807, 2.05) is 24.3 Å². The normalized spacial score (nSPS) is 13.9. The van der Waals surface area contributed by atoms with Gasteiger partial charge in [-0.25, -0.2) is 9.37 Å². The quantitative estimate of drug-likeness (QED) is 0.398. The number of amides is 1. The summed E-state index contributed by atoms with van der Waals surface area (Å²) in [5.74, 6) is 0.679. The third kappa shape index (κ3) is 5.32. The van der Waals surface area contributed by atoms with Gasteiger partial charge in [0.2, 0.25) is 0 Å². The Hall–Kier alpha value is -4.34. The van der Waals surface area contributed by atoms with E-state index >= 15 is 0 Å². The molecule has 0 aliphatic carbocycles. The number of carbonyl (C=O) groups excluding carboxylic acids is 1. The second-order valence-electron chi connectivity index (χ2n) is 8.23. The molecule has 1 aliphatic rings. The molecule has 3 heterocycles. The van der Waals surface area contributed by atoms with E-state index in [-0.39, 0.29) is 11.7 Å². The molecule has 5 rings (SSSR count). The number of hydrogen-bond acceptors (Lipinski definition) is 7. The zero-order valence-electron chi connectivity index (χ0n) is 19.4. The molecule has 0 atom stereocenters. The van der Waals surface area contributed by atoms with Gasteiger partial charge in [-0.1, -0.05) is 6.07 Å². The predicted molar refractivity (Wildman–Crippen MR) is 132 cm³/mol. The van der Waals surface area contributed by atoms with Gasteiger partial charge in [-0.05, 0) is 72.8 Å². The van der Waals surface area contributed by atoms with Crippen molar-refractivity contribution in [3.63, 3.8) is 0 Å². The molecule has 1 aliphatic heterocycles. The van der Waals surface area contributed by atoms with E-state index in [1.165, 1.54) is 12.1 Å². The standard InChI is InChI=1S/C27H24FN5O3/c28-21-8-12-24(13-9-21)36-23-10-6-20(7-11-23)25-4-1-5-26(30-25)27(34)31-15-17-32(18-16-31)33(35)22-3-2-14-29-19-22/h1-14,19,35H,15-18H2. The lowest BCUT2D eigenvalue weighted by Gasteiger charge is -2.38. The molecular weight excluding hydrogens is 461 g/mol. The van der Waals surface area contributed by atoms with Crippen molar-refractivity contribution < 1.29 is 19.1 Å². The largest absolute Gasteiger partial charge is 0.457 e. The van der Waals surface area contributed by atoms with Gasteiger partial charge in [-0.15, -0.1) is 0 Å². The highest BCUT2D eigenvalue weighted by Gasteiger charge is 2.26. The van der Waals surface area contributed by atoms with E-state index in [4.69, 9.17) is 4.74 Å². The van der Waals surface area contributed by atoms with Crippen LogP contribution in [0.4, 0.5) is 10.1 Å². The monoisotopic (exact) mass is 485 g/mol. The third-order valence-electron chi connectivity index (χ3n) is 5.86. The Morgan fingerprint density at radius 3 is 2.25 bits per heavy atom. The first-order valence-electron chi connectivity index (χ1n) is 11.5. The molecule has 0 bridgehead atoms. The third-order valence-corrected chi connectivity index (χ3v) is 5.86. The molecule has 182 valence electrons. The molecule has 0 spiro atoms. The van der Waals surface area contributed by atoms with E-state index < -0.39 is 0 Å². The van der Waals surface area contributed by atoms with Gasteiger partial charge in [0.1, 0.15) is 28.7 Å². The fraction of sp³-hybridized carbons (Fsp3) is 0.148. The summed E-state index contributed by atoms with van der Waals surface area (Å²) in [6, 6.07) is 22.0. The number of ether oxygens (including phenoxy) is 1. The molecule has 0 radical (unpaired) electrons. The van der Waals surface area contributed by atoms with E-state index in [0.29, 0.717) is 54.8 Å². The van der Waals surface area contributed by atoms with Crippen molar-refractivity contribution >= 4 is 11.6 Å². The van der Waals surface area contributed by atoms with Crippen LogP contribution in [0.5, 0.6) is 11.5 Å². The van der Waals surface area contributed by atoms with Crippen LogP contribution >= 0.6 is 0 Å². The number of hydrogen-bond donors (Lipinski definition) is 1. The highest BCUT2D eigenvalue weighted by atomic mass is 19.1. The summed E-state index contributed by atoms with van der Waals surface area (Å²) in [7, 11) is 0. The Morgan fingerprint density at radius 2 is 1.58 bits per heavy atom. The van der Waals surface area contributed by atoms with Gasteiger partial charge in [-0.3, -0.25) is 15.0 Å². The number of hydrazine groups is 1. The summed E-state index contributed by atoms with van der Waals surface area (Å²) in [4.78, 5) is 23.5. The van der Waals surface area contributed by atoms with Crippen LogP contribution in [0.1, 0.15) is 10.5 Å². The van der Waals surface area contributed by atoms with Crippen molar-refractivity contribution in [1.29, 1.82) is 0 Å². The lowest BCUT2D eigenvalue weighted by atomic mass is 10.1. The summed E-state index contributed by atoms with van der Waals surface area (Å²) in [6.07, 6.45) is 3.22. The SMILES string of the molecule is O=C(c1cccc(-c2ccc(Oc3ccc(F)cc3)cc2)n1)N1CCN(N(O)c2cccnc2)CC1. The molecule has 2 aromatic carbocycles. The minimum atomic E-state index is -0.319. The zero-order chi connectivity index (χ0) is 24.9. The van der Waals surface area contributed by atoms with Crippen LogP contribution in [0, 0.1) is 5.82 Å².